The van der Waals surface area contributed by atoms with E-state index in [-0.39, 0.29) is 5.96 Å². The van der Waals surface area contributed by atoms with Crippen molar-refractivity contribution in [2.24, 2.45) is 16.5 Å². The van der Waals surface area contributed by atoms with E-state index in [1.165, 1.54) is 0 Å². The van der Waals surface area contributed by atoms with Crippen LogP contribution in [0, 0.1) is 0 Å². The molecule has 0 aromatic carbocycles. The lowest BCUT2D eigenvalue weighted by Crippen LogP contribution is -2.22. The first-order valence-electron chi connectivity index (χ1n) is 4.86. The number of aliphatic imine (C=N–C) groups is 1. The van der Waals surface area contributed by atoms with Crippen LogP contribution in [0.15, 0.2) is 23.3 Å². The van der Waals surface area contributed by atoms with Crippen LogP contribution < -0.4 is 16.2 Å². The predicted octanol–water partition coefficient (Wildman–Crippen LogP) is 0.644. The van der Waals surface area contributed by atoms with Crippen molar-refractivity contribution in [1.29, 1.82) is 0 Å². The first-order valence-corrected chi connectivity index (χ1v) is 4.86. The molecule has 0 aliphatic rings. The third kappa shape index (κ3) is 3.84. The van der Waals surface area contributed by atoms with Crippen molar-refractivity contribution in [2.75, 3.05) is 6.61 Å². The van der Waals surface area contributed by atoms with Gasteiger partial charge in [0, 0.05) is 11.8 Å². The van der Waals surface area contributed by atoms with E-state index in [2.05, 4.69) is 9.98 Å². The Labute approximate surface area is 89.2 Å². The fourth-order valence-electron chi connectivity index (χ4n) is 1.05. The quantitative estimate of drug-likeness (QED) is 0.549. The molecule has 0 bridgehead atoms. The van der Waals surface area contributed by atoms with E-state index in [9.17, 15) is 0 Å². The van der Waals surface area contributed by atoms with E-state index < -0.39 is 0 Å². The summed E-state index contributed by atoms with van der Waals surface area (Å²) in [7, 11) is 0. The van der Waals surface area contributed by atoms with Gasteiger partial charge in [0.15, 0.2) is 5.96 Å². The third-order valence-corrected chi connectivity index (χ3v) is 1.72. The second-order valence-corrected chi connectivity index (χ2v) is 3.06. The lowest BCUT2D eigenvalue weighted by atomic mass is 10.3. The Morgan fingerprint density at radius 1 is 1.53 bits per heavy atom. The van der Waals surface area contributed by atoms with Gasteiger partial charge in [-0.25, -0.2) is 9.98 Å². The molecule has 0 radical (unpaired) electrons. The predicted molar refractivity (Wildman–Crippen MR) is 59.5 cm³/mol. The van der Waals surface area contributed by atoms with Crippen molar-refractivity contribution < 1.29 is 4.74 Å². The fraction of sp³-hybridized carbons (Fsp3) is 0.400. The average molecular weight is 208 g/mol. The molecular weight excluding hydrogens is 192 g/mol. The lowest BCUT2D eigenvalue weighted by Gasteiger charge is -2.07. The monoisotopic (exact) mass is 208 g/mol. The first kappa shape index (κ1) is 11.3. The molecule has 1 rings (SSSR count). The van der Waals surface area contributed by atoms with Gasteiger partial charge < -0.3 is 16.2 Å². The minimum Gasteiger partial charge on any atom is -0.477 e. The smallest absolute Gasteiger partial charge is 0.218 e. The second kappa shape index (κ2) is 5.85. The normalized spacial score (nSPS) is 9.67. The minimum absolute atomic E-state index is 0.0697. The third-order valence-electron chi connectivity index (χ3n) is 1.72. The number of aromatic nitrogens is 1. The summed E-state index contributed by atoms with van der Waals surface area (Å²) in [4.78, 5) is 8.04. The SMILES string of the molecule is CCCOc1ncccc1CN=C(N)N. The molecule has 0 saturated heterocycles. The number of guanidine groups is 1. The van der Waals surface area contributed by atoms with Crippen LogP contribution in [0.4, 0.5) is 0 Å². The highest BCUT2D eigenvalue weighted by molar-refractivity contribution is 5.75. The molecular formula is C10H16N4O. The maximum atomic E-state index is 5.46. The van der Waals surface area contributed by atoms with Gasteiger partial charge in [0.2, 0.25) is 5.88 Å². The summed E-state index contributed by atoms with van der Waals surface area (Å²) in [6.45, 7) is 3.08. The van der Waals surface area contributed by atoms with Crippen molar-refractivity contribution in [1.82, 2.24) is 4.98 Å². The Kier molecular flexibility index (Phi) is 4.40. The molecule has 0 aliphatic heterocycles. The summed E-state index contributed by atoms with van der Waals surface area (Å²) < 4.78 is 5.46. The Morgan fingerprint density at radius 2 is 2.33 bits per heavy atom. The molecule has 5 heteroatoms. The number of hydrogen-bond acceptors (Lipinski definition) is 3. The number of pyridine rings is 1. The van der Waals surface area contributed by atoms with Crippen LogP contribution in [-0.4, -0.2) is 17.6 Å². The molecule has 0 fully saturated rings. The van der Waals surface area contributed by atoms with Crippen LogP contribution in [0.5, 0.6) is 5.88 Å². The number of ether oxygens (including phenoxy) is 1. The Hall–Kier alpha value is -1.78. The van der Waals surface area contributed by atoms with E-state index in [0.29, 0.717) is 19.0 Å². The molecule has 1 aromatic rings. The van der Waals surface area contributed by atoms with Crippen LogP contribution in [0.3, 0.4) is 0 Å². The molecule has 15 heavy (non-hydrogen) atoms. The van der Waals surface area contributed by atoms with Crippen molar-refractivity contribution in [3.63, 3.8) is 0 Å². The Balaban J connectivity index is 2.72. The molecule has 0 aliphatic carbocycles. The Bertz CT molecular complexity index is 334. The largest absolute Gasteiger partial charge is 0.477 e. The number of hydrogen-bond donors (Lipinski definition) is 2. The molecule has 1 heterocycles. The highest BCUT2D eigenvalue weighted by atomic mass is 16.5. The van der Waals surface area contributed by atoms with Gasteiger partial charge in [-0.05, 0) is 12.5 Å². The summed E-state index contributed by atoms with van der Waals surface area (Å²) in [5.41, 5.74) is 11.4. The van der Waals surface area contributed by atoms with Crippen LogP contribution >= 0.6 is 0 Å². The van der Waals surface area contributed by atoms with Gasteiger partial charge in [-0.3, -0.25) is 0 Å². The fourth-order valence-corrected chi connectivity index (χ4v) is 1.05. The molecule has 0 spiro atoms. The molecule has 0 amide bonds. The number of rotatable bonds is 5. The van der Waals surface area contributed by atoms with Crippen molar-refractivity contribution in [2.45, 2.75) is 19.9 Å². The summed E-state index contributed by atoms with van der Waals surface area (Å²) in [6.07, 6.45) is 2.63. The zero-order valence-electron chi connectivity index (χ0n) is 8.81. The van der Waals surface area contributed by atoms with Crippen molar-refractivity contribution in [3.05, 3.63) is 23.9 Å². The highest BCUT2D eigenvalue weighted by Gasteiger charge is 2.02. The van der Waals surface area contributed by atoms with Gasteiger partial charge in [-0.1, -0.05) is 13.0 Å². The maximum Gasteiger partial charge on any atom is 0.218 e. The zero-order valence-corrected chi connectivity index (χ0v) is 8.81. The molecule has 0 saturated carbocycles. The molecule has 0 atom stereocenters. The van der Waals surface area contributed by atoms with E-state index in [4.69, 9.17) is 16.2 Å². The second-order valence-electron chi connectivity index (χ2n) is 3.06. The molecule has 5 nitrogen and oxygen atoms in total. The highest BCUT2D eigenvalue weighted by Crippen LogP contribution is 2.15. The summed E-state index contributed by atoms with van der Waals surface area (Å²) in [5, 5.41) is 0. The van der Waals surface area contributed by atoms with Gasteiger partial charge in [-0.2, -0.15) is 0 Å². The summed E-state index contributed by atoms with van der Waals surface area (Å²) >= 11 is 0. The zero-order chi connectivity index (χ0) is 11.1. The van der Waals surface area contributed by atoms with Gasteiger partial charge >= 0.3 is 0 Å². The summed E-state index contributed by atoms with van der Waals surface area (Å²) in [5.74, 6) is 0.671. The van der Waals surface area contributed by atoms with Crippen molar-refractivity contribution in [3.8, 4) is 5.88 Å². The molecule has 82 valence electrons. The maximum absolute atomic E-state index is 5.46. The van der Waals surface area contributed by atoms with Gasteiger partial charge in [-0.15, -0.1) is 0 Å². The molecule has 1 aromatic heterocycles. The van der Waals surface area contributed by atoms with E-state index >= 15 is 0 Å². The Morgan fingerprint density at radius 3 is 3.00 bits per heavy atom. The standard InChI is InChI=1S/C10H16N4O/c1-2-6-15-9-8(4-3-5-13-9)7-14-10(11)12/h3-5H,2,6-7H2,1H3,(H4,11,12,14). The van der Waals surface area contributed by atoms with Crippen LogP contribution in [-0.2, 0) is 6.54 Å². The first-order chi connectivity index (χ1) is 7.24. The van der Waals surface area contributed by atoms with Crippen LogP contribution in [0.1, 0.15) is 18.9 Å². The van der Waals surface area contributed by atoms with Gasteiger partial charge in [0.25, 0.3) is 0 Å². The topological polar surface area (TPSA) is 86.5 Å². The number of nitrogens with two attached hydrogens (primary N) is 2. The minimum atomic E-state index is 0.0697. The van der Waals surface area contributed by atoms with Crippen LogP contribution in [0.25, 0.3) is 0 Å². The molecule has 4 N–H and O–H groups in total. The summed E-state index contributed by atoms with van der Waals surface area (Å²) in [6, 6.07) is 3.72. The van der Waals surface area contributed by atoms with Crippen molar-refractivity contribution >= 4 is 5.96 Å². The van der Waals surface area contributed by atoms with E-state index in [1.807, 2.05) is 19.1 Å². The van der Waals surface area contributed by atoms with Gasteiger partial charge in [0.05, 0.1) is 13.2 Å². The average Bonchev–Trinajstić information content (AvgIpc) is 2.24. The van der Waals surface area contributed by atoms with E-state index in [1.54, 1.807) is 6.20 Å². The van der Waals surface area contributed by atoms with Gasteiger partial charge in [0.1, 0.15) is 0 Å². The number of nitrogens with zero attached hydrogens (tertiary/aromatic N) is 2. The van der Waals surface area contributed by atoms with E-state index in [0.717, 1.165) is 12.0 Å². The molecule has 0 unspecified atom stereocenters. The van der Waals surface area contributed by atoms with Crippen LogP contribution in [0.2, 0.25) is 0 Å². The lowest BCUT2D eigenvalue weighted by molar-refractivity contribution is 0.302.